The molecule has 0 saturated carbocycles. The number of carboxylic acid groups (broad SMARTS) is 1. The normalized spacial score (nSPS) is 24.5. The van der Waals surface area contributed by atoms with Gasteiger partial charge in [0.15, 0.2) is 5.60 Å². The lowest BCUT2D eigenvalue weighted by atomic mass is 9.84. The quantitative estimate of drug-likeness (QED) is 0.817. The van der Waals surface area contributed by atoms with Gasteiger partial charge in [-0.1, -0.05) is 12.1 Å². The first-order valence-corrected chi connectivity index (χ1v) is 8.95. The summed E-state index contributed by atoms with van der Waals surface area (Å²) < 4.78 is 38.6. The number of para-hydroxylation sites is 2. The number of alkyl halides is 3. The van der Waals surface area contributed by atoms with Gasteiger partial charge in [-0.25, -0.2) is 4.79 Å². The van der Waals surface area contributed by atoms with Crippen LogP contribution in [0, 0.1) is 0 Å². The number of rotatable bonds is 2. The van der Waals surface area contributed by atoms with E-state index in [-0.39, 0.29) is 18.9 Å². The highest BCUT2D eigenvalue weighted by Crippen LogP contribution is 2.44. The Bertz CT molecular complexity index is 900. The van der Waals surface area contributed by atoms with E-state index >= 15 is 0 Å². The van der Waals surface area contributed by atoms with Gasteiger partial charge in [-0.05, 0) is 36.4 Å². The van der Waals surface area contributed by atoms with Crippen LogP contribution in [0.5, 0.6) is 0 Å². The number of carboxylic acids is 1. The third-order valence-corrected chi connectivity index (χ3v) is 5.56. The van der Waals surface area contributed by atoms with E-state index in [1.807, 2.05) is 29.2 Å². The first-order valence-electron chi connectivity index (χ1n) is 8.95. The number of aliphatic carboxylic acids is 1. The molecule has 1 saturated heterocycles. The van der Waals surface area contributed by atoms with Crippen molar-refractivity contribution in [3.05, 3.63) is 54.1 Å². The van der Waals surface area contributed by atoms with E-state index in [1.165, 1.54) is 12.1 Å². The number of benzene rings is 2. The van der Waals surface area contributed by atoms with Crippen molar-refractivity contribution < 1.29 is 28.2 Å². The van der Waals surface area contributed by atoms with Crippen molar-refractivity contribution in [2.45, 2.75) is 30.7 Å². The van der Waals surface area contributed by atoms with Crippen LogP contribution in [0.3, 0.4) is 0 Å². The Labute approximate surface area is 159 Å². The third-order valence-electron chi connectivity index (χ3n) is 5.56. The second-order valence-electron chi connectivity index (χ2n) is 7.28. The van der Waals surface area contributed by atoms with E-state index in [0.29, 0.717) is 18.8 Å². The van der Waals surface area contributed by atoms with Gasteiger partial charge in [0.1, 0.15) is 0 Å². The van der Waals surface area contributed by atoms with Crippen LogP contribution in [0.15, 0.2) is 48.5 Å². The zero-order valence-electron chi connectivity index (χ0n) is 14.9. The molecule has 0 aliphatic carbocycles. The number of piperidine rings is 1. The monoisotopic (exact) mass is 392 g/mol. The Kier molecular flexibility index (Phi) is 4.26. The van der Waals surface area contributed by atoms with Gasteiger partial charge in [0.25, 0.3) is 0 Å². The Morgan fingerprint density at radius 2 is 1.71 bits per heavy atom. The van der Waals surface area contributed by atoms with E-state index in [9.17, 15) is 28.2 Å². The Balaban J connectivity index is 1.71. The molecule has 0 aromatic heterocycles. The standard InChI is InChI=1S/C20H19F3N2O3/c21-20(22,23)13-5-7-14(8-6-13)25-12-15-11-19(28,18(26)27)9-10-24(15)16-3-1-2-4-17(16)25/h1-8,15,28H,9-12H2,(H,26,27)/t15-,19+/m0/s1. The van der Waals surface area contributed by atoms with Gasteiger partial charge in [-0.15, -0.1) is 0 Å². The molecule has 2 aromatic rings. The van der Waals surface area contributed by atoms with E-state index in [4.69, 9.17) is 0 Å². The van der Waals surface area contributed by atoms with Gasteiger partial charge < -0.3 is 20.0 Å². The average molecular weight is 392 g/mol. The fourth-order valence-corrected chi connectivity index (χ4v) is 4.08. The molecular formula is C20H19F3N2O3. The van der Waals surface area contributed by atoms with Crippen LogP contribution >= 0.6 is 0 Å². The maximum absolute atomic E-state index is 12.9. The number of aliphatic hydroxyl groups is 1. The van der Waals surface area contributed by atoms with Crippen LogP contribution in [0.25, 0.3) is 0 Å². The van der Waals surface area contributed by atoms with E-state index < -0.39 is 23.3 Å². The van der Waals surface area contributed by atoms with Crippen molar-refractivity contribution in [2.75, 3.05) is 22.9 Å². The summed E-state index contributed by atoms with van der Waals surface area (Å²) in [6.45, 7) is 0.767. The molecule has 0 spiro atoms. The summed E-state index contributed by atoms with van der Waals surface area (Å²) in [7, 11) is 0. The van der Waals surface area contributed by atoms with Crippen LogP contribution in [0.2, 0.25) is 0 Å². The van der Waals surface area contributed by atoms with Crippen LogP contribution < -0.4 is 9.80 Å². The summed E-state index contributed by atoms with van der Waals surface area (Å²) in [5.74, 6) is -1.24. The molecule has 0 bridgehead atoms. The summed E-state index contributed by atoms with van der Waals surface area (Å²) >= 11 is 0. The summed E-state index contributed by atoms with van der Waals surface area (Å²) in [5.41, 5.74) is -0.199. The van der Waals surface area contributed by atoms with E-state index in [1.54, 1.807) is 0 Å². The molecule has 2 aromatic carbocycles. The SMILES string of the molecule is O=C(O)[C@@]1(O)CCN2c3ccccc3N(c3ccc(C(F)(F)F)cc3)C[C@@H]2C1. The number of hydrogen-bond donors (Lipinski definition) is 2. The molecule has 2 atom stereocenters. The topological polar surface area (TPSA) is 64.0 Å². The van der Waals surface area contributed by atoms with Gasteiger partial charge in [-0.2, -0.15) is 13.2 Å². The zero-order valence-corrected chi connectivity index (χ0v) is 14.9. The Morgan fingerprint density at radius 3 is 2.32 bits per heavy atom. The number of hydrogen-bond acceptors (Lipinski definition) is 4. The van der Waals surface area contributed by atoms with Gasteiger partial charge in [0.05, 0.1) is 23.0 Å². The zero-order chi connectivity index (χ0) is 20.1. The van der Waals surface area contributed by atoms with Crippen molar-refractivity contribution >= 4 is 23.0 Å². The Hall–Kier alpha value is -2.74. The van der Waals surface area contributed by atoms with Gasteiger partial charge in [0.2, 0.25) is 0 Å². The summed E-state index contributed by atoms with van der Waals surface area (Å²) in [5, 5.41) is 19.8. The third kappa shape index (κ3) is 3.07. The highest BCUT2D eigenvalue weighted by molar-refractivity contribution is 5.82. The number of anilines is 3. The maximum Gasteiger partial charge on any atom is 0.416 e. The first kappa shape index (κ1) is 18.6. The van der Waals surface area contributed by atoms with Gasteiger partial charge in [-0.3, -0.25) is 0 Å². The number of halogens is 3. The molecule has 2 heterocycles. The Morgan fingerprint density at radius 1 is 1.07 bits per heavy atom. The molecule has 148 valence electrons. The molecule has 0 radical (unpaired) electrons. The van der Waals surface area contributed by atoms with Crippen LogP contribution in [-0.2, 0) is 11.0 Å². The van der Waals surface area contributed by atoms with Crippen molar-refractivity contribution in [2.24, 2.45) is 0 Å². The van der Waals surface area contributed by atoms with Crippen molar-refractivity contribution in [3.8, 4) is 0 Å². The van der Waals surface area contributed by atoms with Crippen LogP contribution in [0.1, 0.15) is 18.4 Å². The van der Waals surface area contributed by atoms with Crippen LogP contribution in [0.4, 0.5) is 30.2 Å². The average Bonchev–Trinajstić information content (AvgIpc) is 2.66. The molecule has 0 amide bonds. The molecule has 0 unspecified atom stereocenters. The van der Waals surface area contributed by atoms with Gasteiger partial charge >= 0.3 is 12.1 Å². The predicted molar refractivity (Wildman–Crippen MR) is 97.8 cm³/mol. The van der Waals surface area contributed by atoms with Crippen LogP contribution in [-0.4, -0.2) is 40.9 Å². The first-order chi connectivity index (χ1) is 13.2. The molecule has 2 N–H and O–H groups in total. The molecule has 28 heavy (non-hydrogen) atoms. The van der Waals surface area contributed by atoms with Crippen molar-refractivity contribution in [1.82, 2.24) is 0 Å². The summed E-state index contributed by atoms with van der Waals surface area (Å²) in [6.07, 6.45) is -4.24. The minimum atomic E-state index is -4.41. The summed E-state index contributed by atoms with van der Waals surface area (Å²) in [4.78, 5) is 15.4. The highest BCUT2D eigenvalue weighted by Gasteiger charge is 2.46. The lowest BCUT2D eigenvalue weighted by Crippen LogP contribution is -2.59. The molecule has 8 heteroatoms. The fourth-order valence-electron chi connectivity index (χ4n) is 4.08. The van der Waals surface area contributed by atoms with E-state index in [2.05, 4.69) is 4.90 Å². The fraction of sp³-hybridized carbons (Fsp3) is 0.350. The molecule has 1 fully saturated rings. The van der Waals surface area contributed by atoms with Crippen molar-refractivity contribution in [3.63, 3.8) is 0 Å². The number of nitrogens with zero attached hydrogens (tertiary/aromatic N) is 2. The molecule has 4 rings (SSSR count). The largest absolute Gasteiger partial charge is 0.479 e. The summed E-state index contributed by atoms with van der Waals surface area (Å²) in [6, 6.07) is 12.2. The maximum atomic E-state index is 12.9. The molecule has 5 nitrogen and oxygen atoms in total. The smallest absolute Gasteiger partial charge is 0.416 e. The lowest BCUT2D eigenvalue weighted by Gasteiger charge is -2.50. The van der Waals surface area contributed by atoms with E-state index in [0.717, 1.165) is 23.5 Å². The van der Waals surface area contributed by atoms with Crippen molar-refractivity contribution in [1.29, 1.82) is 0 Å². The highest BCUT2D eigenvalue weighted by atomic mass is 19.4. The lowest BCUT2D eigenvalue weighted by molar-refractivity contribution is -0.161. The minimum Gasteiger partial charge on any atom is -0.479 e. The second-order valence-corrected chi connectivity index (χ2v) is 7.28. The van der Waals surface area contributed by atoms with Gasteiger partial charge in [0, 0.05) is 31.6 Å². The molecular weight excluding hydrogens is 373 g/mol. The number of fused-ring (bicyclic) bond motifs is 3. The predicted octanol–water partition coefficient (Wildman–Crippen LogP) is 3.64. The number of carbonyl (C=O) groups is 1. The second kappa shape index (κ2) is 6.41. The minimum absolute atomic E-state index is 0.0494. The molecule has 2 aliphatic rings. The molecule has 2 aliphatic heterocycles.